The first-order chi connectivity index (χ1) is 9.96. The monoisotopic (exact) mass is 296 g/mol. The van der Waals surface area contributed by atoms with E-state index in [2.05, 4.69) is 0 Å². The lowest BCUT2D eigenvalue weighted by molar-refractivity contribution is -0.119. The average Bonchev–Trinajstić information content (AvgIpc) is 2.44. The van der Waals surface area contributed by atoms with Crippen LogP contribution in [-0.2, 0) is 6.54 Å². The second-order valence-electron chi connectivity index (χ2n) is 5.03. The fraction of sp³-hybridized carbons (Fsp3) is 0.375. The van der Waals surface area contributed by atoms with Crippen molar-refractivity contribution in [3.05, 3.63) is 42.0 Å². The molecule has 0 atom stereocenters. The number of halogens is 3. The maximum Gasteiger partial charge on any atom is 0.405 e. The van der Waals surface area contributed by atoms with E-state index in [9.17, 15) is 13.2 Å². The molecule has 114 valence electrons. The minimum absolute atomic E-state index is 0.367. The molecule has 0 aliphatic carbocycles. The van der Waals surface area contributed by atoms with Crippen molar-refractivity contribution in [2.45, 2.75) is 26.1 Å². The van der Waals surface area contributed by atoms with E-state index >= 15 is 0 Å². The standard InChI is InChI=1S/C16H19F3N2/c1-2-9-21(11-16(17,18)19)15-8-7-12(10-20)13-5-3-4-6-14(13)15/h3-8H,2,9-11,20H2,1H3. The molecular formula is C16H19F3N2. The van der Waals surface area contributed by atoms with Crippen LogP contribution in [0.1, 0.15) is 18.9 Å². The molecule has 0 bridgehead atoms. The molecule has 2 nitrogen and oxygen atoms in total. The predicted molar refractivity (Wildman–Crippen MR) is 80.4 cm³/mol. The van der Waals surface area contributed by atoms with E-state index in [1.165, 1.54) is 4.90 Å². The van der Waals surface area contributed by atoms with Crippen molar-refractivity contribution in [3.63, 3.8) is 0 Å². The maximum absolute atomic E-state index is 12.8. The lowest BCUT2D eigenvalue weighted by Crippen LogP contribution is -2.35. The fourth-order valence-electron chi connectivity index (χ4n) is 2.57. The highest BCUT2D eigenvalue weighted by atomic mass is 19.4. The van der Waals surface area contributed by atoms with Crippen LogP contribution in [0.2, 0.25) is 0 Å². The summed E-state index contributed by atoms with van der Waals surface area (Å²) < 4.78 is 38.4. The van der Waals surface area contributed by atoms with Gasteiger partial charge in [0, 0.05) is 24.2 Å². The van der Waals surface area contributed by atoms with Gasteiger partial charge in [-0.1, -0.05) is 37.3 Å². The summed E-state index contributed by atoms with van der Waals surface area (Å²) in [5.41, 5.74) is 7.26. The third-order valence-electron chi connectivity index (χ3n) is 3.42. The summed E-state index contributed by atoms with van der Waals surface area (Å²) in [6, 6.07) is 11.0. The Labute approximate surface area is 122 Å². The molecule has 2 aromatic carbocycles. The van der Waals surface area contributed by atoms with Gasteiger partial charge < -0.3 is 10.6 Å². The first kappa shape index (κ1) is 15.6. The molecular weight excluding hydrogens is 277 g/mol. The first-order valence-electron chi connectivity index (χ1n) is 6.98. The Morgan fingerprint density at radius 2 is 1.71 bits per heavy atom. The van der Waals surface area contributed by atoms with Crippen molar-refractivity contribution in [1.29, 1.82) is 0 Å². The summed E-state index contributed by atoms with van der Waals surface area (Å²) in [6.45, 7) is 1.67. The largest absolute Gasteiger partial charge is 0.405 e. The van der Waals surface area contributed by atoms with E-state index in [0.717, 1.165) is 16.3 Å². The number of hydrogen-bond donors (Lipinski definition) is 1. The number of anilines is 1. The van der Waals surface area contributed by atoms with Gasteiger partial charge in [0.25, 0.3) is 0 Å². The molecule has 0 radical (unpaired) electrons. The van der Waals surface area contributed by atoms with Crippen LogP contribution in [0.5, 0.6) is 0 Å². The summed E-state index contributed by atoms with van der Waals surface area (Å²) in [5.74, 6) is 0. The van der Waals surface area contributed by atoms with Crippen LogP contribution in [0.3, 0.4) is 0 Å². The lowest BCUT2D eigenvalue weighted by Gasteiger charge is -2.27. The Morgan fingerprint density at radius 3 is 2.29 bits per heavy atom. The molecule has 0 fully saturated rings. The van der Waals surface area contributed by atoms with Gasteiger partial charge >= 0.3 is 6.18 Å². The van der Waals surface area contributed by atoms with Gasteiger partial charge in [-0.2, -0.15) is 13.2 Å². The van der Waals surface area contributed by atoms with Crippen molar-refractivity contribution in [1.82, 2.24) is 0 Å². The van der Waals surface area contributed by atoms with Crippen molar-refractivity contribution in [3.8, 4) is 0 Å². The first-order valence-corrected chi connectivity index (χ1v) is 6.98. The number of benzene rings is 2. The molecule has 0 aromatic heterocycles. The summed E-state index contributed by atoms with van der Waals surface area (Å²) in [6.07, 6.45) is -3.56. The Hall–Kier alpha value is -1.75. The average molecular weight is 296 g/mol. The van der Waals surface area contributed by atoms with Crippen LogP contribution in [0.4, 0.5) is 18.9 Å². The van der Waals surface area contributed by atoms with Crippen LogP contribution >= 0.6 is 0 Å². The van der Waals surface area contributed by atoms with E-state index in [1.54, 1.807) is 6.07 Å². The minimum Gasteiger partial charge on any atom is -0.362 e. The Morgan fingerprint density at radius 1 is 1.05 bits per heavy atom. The summed E-state index contributed by atoms with van der Waals surface area (Å²) in [7, 11) is 0. The Kier molecular flexibility index (Phi) is 4.73. The number of alkyl halides is 3. The SMILES string of the molecule is CCCN(CC(F)(F)F)c1ccc(CN)c2ccccc12. The highest BCUT2D eigenvalue weighted by Gasteiger charge is 2.31. The number of hydrogen-bond acceptors (Lipinski definition) is 2. The minimum atomic E-state index is -4.22. The fourth-order valence-corrected chi connectivity index (χ4v) is 2.57. The third kappa shape index (κ3) is 3.67. The van der Waals surface area contributed by atoms with Gasteiger partial charge in [0.05, 0.1) is 0 Å². The molecule has 2 N–H and O–H groups in total. The molecule has 0 aliphatic rings. The number of rotatable bonds is 5. The molecule has 0 spiro atoms. The highest BCUT2D eigenvalue weighted by molar-refractivity contribution is 5.96. The molecule has 0 saturated heterocycles. The van der Waals surface area contributed by atoms with Gasteiger partial charge in [0.2, 0.25) is 0 Å². The van der Waals surface area contributed by atoms with Gasteiger partial charge in [-0.25, -0.2) is 0 Å². The Balaban J connectivity index is 2.52. The molecule has 21 heavy (non-hydrogen) atoms. The quantitative estimate of drug-likeness (QED) is 0.901. The zero-order valence-corrected chi connectivity index (χ0v) is 12.0. The number of fused-ring (bicyclic) bond motifs is 1. The van der Waals surface area contributed by atoms with Crippen LogP contribution in [0.25, 0.3) is 10.8 Å². The molecule has 0 aliphatic heterocycles. The molecule has 2 rings (SSSR count). The van der Waals surface area contributed by atoms with E-state index < -0.39 is 12.7 Å². The van der Waals surface area contributed by atoms with Crippen molar-refractivity contribution < 1.29 is 13.2 Å². The van der Waals surface area contributed by atoms with Gasteiger partial charge in [-0.3, -0.25) is 0 Å². The van der Waals surface area contributed by atoms with Crippen LogP contribution < -0.4 is 10.6 Å². The van der Waals surface area contributed by atoms with Gasteiger partial charge in [-0.05, 0) is 23.4 Å². The lowest BCUT2D eigenvalue weighted by atomic mass is 10.0. The van der Waals surface area contributed by atoms with Gasteiger partial charge in [0.1, 0.15) is 6.54 Å². The number of nitrogens with zero attached hydrogens (tertiary/aromatic N) is 1. The smallest absolute Gasteiger partial charge is 0.362 e. The van der Waals surface area contributed by atoms with E-state index in [1.807, 2.05) is 37.3 Å². The van der Waals surface area contributed by atoms with Crippen LogP contribution in [0.15, 0.2) is 36.4 Å². The van der Waals surface area contributed by atoms with E-state index in [4.69, 9.17) is 5.73 Å². The van der Waals surface area contributed by atoms with Crippen LogP contribution in [0, 0.1) is 0 Å². The van der Waals surface area contributed by atoms with Gasteiger partial charge in [0.15, 0.2) is 0 Å². The molecule has 0 heterocycles. The van der Waals surface area contributed by atoms with Crippen LogP contribution in [-0.4, -0.2) is 19.3 Å². The van der Waals surface area contributed by atoms with Gasteiger partial charge in [-0.15, -0.1) is 0 Å². The predicted octanol–water partition coefficient (Wildman–Crippen LogP) is 4.08. The zero-order valence-electron chi connectivity index (χ0n) is 12.0. The molecule has 0 unspecified atom stereocenters. The topological polar surface area (TPSA) is 29.3 Å². The second-order valence-corrected chi connectivity index (χ2v) is 5.03. The molecule has 0 amide bonds. The third-order valence-corrected chi connectivity index (χ3v) is 3.42. The van der Waals surface area contributed by atoms with Crippen molar-refractivity contribution in [2.75, 3.05) is 18.0 Å². The summed E-state index contributed by atoms with van der Waals surface area (Å²) in [5, 5.41) is 1.74. The summed E-state index contributed by atoms with van der Waals surface area (Å²) >= 11 is 0. The zero-order chi connectivity index (χ0) is 15.5. The van der Waals surface area contributed by atoms with Crippen molar-refractivity contribution in [2.24, 2.45) is 5.73 Å². The maximum atomic E-state index is 12.8. The molecule has 2 aromatic rings. The number of nitrogens with two attached hydrogens (primary N) is 1. The molecule has 5 heteroatoms. The van der Waals surface area contributed by atoms with E-state index in [0.29, 0.717) is 25.2 Å². The van der Waals surface area contributed by atoms with E-state index in [-0.39, 0.29) is 0 Å². The highest BCUT2D eigenvalue weighted by Crippen LogP contribution is 2.31. The normalized spacial score (nSPS) is 11.9. The summed E-state index contributed by atoms with van der Waals surface area (Å²) in [4.78, 5) is 1.39. The molecule has 0 saturated carbocycles. The second kappa shape index (κ2) is 6.35. The Bertz CT molecular complexity index is 608. The van der Waals surface area contributed by atoms with Crippen molar-refractivity contribution >= 4 is 16.5 Å².